The summed E-state index contributed by atoms with van der Waals surface area (Å²) >= 11 is 0. The van der Waals surface area contributed by atoms with Crippen LogP contribution in [0.3, 0.4) is 0 Å². The number of aromatic hydroxyl groups is 1. The molecule has 0 aliphatic heterocycles. The number of phenols is 1. The van der Waals surface area contributed by atoms with E-state index in [4.69, 9.17) is 5.73 Å². The van der Waals surface area contributed by atoms with E-state index in [1.165, 1.54) is 25.7 Å². The predicted molar refractivity (Wildman–Crippen MR) is 101 cm³/mol. The molecule has 0 saturated heterocycles. The molecule has 138 valence electrons. The number of hydrogen-bond donors (Lipinski definition) is 3. The number of benzene rings is 1. The van der Waals surface area contributed by atoms with Crippen LogP contribution in [0.15, 0.2) is 24.4 Å². The van der Waals surface area contributed by atoms with Gasteiger partial charge in [-0.3, -0.25) is 9.48 Å². The van der Waals surface area contributed by atoms with Crippen molar-refractivity contribution in [2.24, 2.45) is 30.5 Å². The summed E-state index contributed by atoms with van der Waals surface area (Å²) in [6.07, 6.45) is 6.55. The summed E-state index contributed by atoms with van der Waals surface area (Å²) in [4.78, 5) is 12.6. The number of amides is 1. The second-order valence-corrected chi connectivity index (χ2v) is 7.80. The minimum Gasteiger partial charge on any atom is -0.507 e. The largest absolute Gasteiger partial charge is 0.507 e. The van der Waals surface area contributed by atoms with Gasteiger partial charge < -0.3 is 16.2 Å². The van der Waals surface area contributed by atoms with Gasteiger partial charge in [-0.05, 0) is 68.1 Å². The molecule has 4 rings (SSSR count). The molecule has 1 atom stereocenters. The fraction of sp³-hybridized carbons (Fsp3) is 0.500. The summed E-state index contributed by atoms with van der Waals surface area (Å²) in [5, 5.41) is 17.5. The van der Waals surface area contributed by atoms with Gasteiger partial charge in [0.15, 0.2) is 0 Å². The van der Waals surface area contributed by atoms with Crippen molar-refractivity contribution in [3.8, 4) is 17.0 Å². The monoisotopic (exact) mass is 354 g/mol. The first kappa shape index (κ1) is 17.1. The Hall–Kier alpha value is -2.34. The van der Waals surface area contributed by atoms with E-state index in [1.807, 2.05) is 14.0 Å². The number of aromatic nitrogens is 2. The van der Waals surface area contributed by atoms with Crippen LogP contribution >= 0.6 is 0 Å². The van der Waals surface area contributed by atoms with Crippen LogP contribution in [0.4, 0.5) is 5.69 Å². The standard InChI is InChI=1S/C20H26N4O2/c1-11-10-22-24(2)19(11)15-8-7-14(9-16(15)25)23-20(26)18(21)17(12-3-4-12)13-5-6-13/h7-10,12-13,17-18,25H,3-6,21H2,1-2H3,(H,23,26)/t18-/m0/s1. The maximum Gasteiger partial charge on any atom is 0.241 e. The fourth-order valence-corrected chi connectivity index (χ4v) is 4.08. The normalized spacial score (nSPS) is 18.2. The highest BCUT2D eigenvalue weighted by atomic mass is 16.3. The van der Waals surface area contributed by atoms with Crippen molar-refractivity contribution >= 4 is 11.6 Å². The van der Waals surface area contributed by atoms with E-state index in [0.717, 1.165) is 11.3 Å². The highest BCUT2D eigenvalue weighted by Gasteiger charge is 2.46. The molecule has 2 aromatic rings. The smallest absolute Gasteiger partial charge is 0.241 e. The summed E-state index contributed by atoms with van der Waals surface area (Å²) in [6.45, 7) is 1.95. The highest BCUT2D eigenvalue weighted by molar-refractivity contribution is 5.95. The number of nitrogens with two attached hydrogens (primary N) is 1. The van der Waals surface area contributed by atoms with Gasteiger partial charge in [0.05, 0.1) is 17.9 Å². The summed E-state index contributed by atoms with van der Waals surface area (Å²) in [5.41, 5.74) is 9.39. The quantitative estimate of drug-likeness (QED) is 0.744. The van der Waals surface area contributed by atoms with E-state index in [-0.39, 0.29) is 11.7 Å². The van der Waals surface area contributed by atoms with Crippen LogP contribution in [0.25, 0.3) is 11.3 Å². The van der Waals surface area contributed by atoms with E-state index in [0.29, 0.717) is 29.0 Å². The van der Waals surface area contributed by atoms with Crippen molar-refractivity contribution in [1.82, 2.24) is 9.78 Å². The zero-order chi connectivity index (χ0) is 18.4. The van der Waals surface area contributed by atoms with Crippen LogP contribution in [-0.4, -0.2) is 26.8 Å². The van der Waals surface area contributed by atoms with Gasteiger partial charge in [0.2, 0.25) is 5.91 Å². The van der Waals surface area contributed by atoms with E-state index in [2.05, 4.69) is 10.4 Å². The Labute approximate surface area is 153 Å². The van der Waals surface area contributed by atoms with Gasteiger partial charge in [0.1, 0.15) is 5.75 Å². The second kappa shape index (κ2) is 6.43. The molecule has 2 aliphatic carbocycles. The summed E-state index contributed by atoms with van der Waals surface area (Å²) in [6, 6.07) is 4.71. The van der Waals surface area contributed by atoms with Gasteiger partial charge in [-0.2, -0.15) is 5.10 Å². The van der Waals surface area contributed by atoms with Crippen molar-refractivity contribution in [2.45, 2.75) is 38.6 Å². The molecule has 1 amide bonds. The van der Waals surface area contributed by atoms with Crippen molar-refractivity contribution in [3.05, 3.63) is 30.0 Å². The third kappa shape index (κ3) is 3.21. The number of carbonyl (C=O) groups excluding carboxylic acids is 1. The molecule has 1 aromatic carbocycles. The Bertz CT molecular complexity index is 805. The number of phenolic OH excluding ortho intramolecular Hbond substituents is 1. The Morgan fingerprint density at radius 2 is 1.96 bits per heavy atom. The molecular formula is C20H26N4O2. The minimum absolute atomic E-state index is 0.115. The van der Waals surface area contributed by atoms with Gasteiger partial charge in [-0.25, -0.2) is 0 Å². The van der Waals surface area contributed by atoms with Gasteiger partial charge in [-0.15, -0.1) is 0 Å². The van der Waals surface area contributed by atoms with E-state index in [9.17, 15) is 9.90 Å². The number of aryl methyl sites for hydroxylation is 2. The molecule has 0 spiro atoms. The summed E-state index contributed by atoms with van der Waals surface area (Å²) < 4.78 is 1.73. The van der Waals surface area contributed by atoms with E-state index < -0.39 is 6.04 Å². The van der Waals surface area contributed by atoms with E-state index in [1.54, 1.807) is 29.1 Å². The molecule has 2 fully saturated rings. The van der Waals surface area contributed by atoms with Crippen LogP contribution in [-0.2, 0) is 11.8 Å². The molecule has 6 nitrogen and oxygen atoms in total. The maximum absolute atomic E-state index is 12.6. The Balaban J connectivity index is 1.50. The molecule has 6 heteroatoms. The van der Waals surface area contributed by atoms with Crippen LogP contribution in [0.5, 0.6) is 5.75 Å². The Kier molecular flexibility index (Phi) is 4.23. The number of nitrogens with one attached hydrogen (secondary N) is 1. The molecule has 0 radical (unpaired) electrons. The van der Waals surface area contributed by atoms with E-state index >= 15 is 0 Å². The third-order valence-corrected chi connectivity index (χ3v) is 5.69. The van der Waals surface area contributed by atoms with Crippen molar-refractivity contribution in [1.29, 1.82) is 0 Å². The summed E-state index contributed by atoms with van der Waals surface area (Å²) in [5.74, 6) is 1.50. The van der Waals surface area contributed by atoms with Gasteiger partial charge in [0, 0.05) is 24.4 Å². The van der Waals surface area contributed by atoms with Crippen molar-refractivity contribution < 1.29 is 9.90 Å². The molecule has 2 aliphatic rings. The van der Waals surface area contributed by atoms with Crippen LogP contribution in [0.2, 0.25) is 0 Å². The molecule has 1 aromatic heterocycles. The lowest BCUT2D eigenvalue weighted by Crippen LogP contribution is -2.43. The molecule has 26 heavy (non-hydrogen) atoms. The average Bonchev–Trinajstić information content (AvgIpc) is 3.51. The van der Waals surface area contributed by atoms with Gasteiger partial charge in [-0.1, -0.05) is 0 Å². The molecule has 1 heterocycles. The molecule has 2 saturated carbocycles. The number of anilines is 1. The first-order chi connectivity index (χ1) is 12.5. The number of hydrogen-bond acceptors (Lipinski definition) is 4. The highest BCUT2D eigenvalue weighted by Crippen LogP contribution is 2.50. The summed E-state index contributed by atoms with van der Waals surface area (Å²) in [7, 11) is 1.84. The average molecular weight is 354 g/mol. The SMILES string of the molecule is Cc1cnn(C)c1-c1ccc(NC(=O)[C@@H](N)C(C2CC2)C2CC2)cc1O. The molecule has 4 N–H and O–H groups in total. The lowest BCUT2D eigenvalue weighted by atomic mass is 9.89. The topological polar surface area (TPSA) is 93.2 Å². The molecule has 0 bridgehead atoms. The first-order valence-electron chi connectivity index (χ1n) is 9.34. The molecular weight excluding hydrogens is 328 g/mol. The van der Waals surface area contributed by atoms with Crippen LogP contribution in [0.1, 0.15) is 31.2 Å². The molecule has 0 unspecified atom stereocenters. The zero-order valence-electron chi connectivity index (χ0n) is 15.3. The first-order valence-corrected chi connectivity index (χ1v) is 9.34. The Morgan fingerprint density at radius 3 is 2.46 bits per heavy atom. The fourth-order valence-electron chi connectivity index (χ4n) is 4.08. The number of rotatable bonds is 6. The van der Waals surface area contributed by atoms with Gasteiger partial charge >= 0.3 is 0 Å². The minimum atomic E-state index is -0.476. The lowest BCUT2D eigenvalue weighted by Gasteiger charge is -2.23. The second-order valence-electron chi connectivity index (χ2n) is 7.80. The predicted octanol–water partition coefficient (Wildman–Crippen LogP) is 2.80. The lowest BCUT2D eigenvalue weighted by molar-refractivity contribution is -0.118. The zero-order valence-corrected chi connectivity index (χ0v) is 15.3. The van der Waals surface area contributed by atoms with Crippen molar-refractivity contribution in [2.75, 3.05) is 5.32 Å². The van der Waals surface area contributed by atoms with Gasteiger partial charge in [0.25, 0.3) is 0 Å². The van der Waals surface area contributed by atoms with Crippen LogP contribution < -0.4 is 11.1 Å². The number of nitrogens with zero attached hydrogens (tertiary/aromatic N) is 2. The Morgan fingerprint density at radius 1 is 1.31 bits per heavy atom. The van der Waals surface area contributed by atoms with Crippen molar-refractivity contribution in [3.63, 3.8) is 0 Å². The van der Waals surface area contributed by atoms with Crippen LogP contribution in [0, 0.1) is 24.7 Å². The maximum atomic E-state index is 12.6. The number of carbonyl (C=O) groups is 1. The third-order valence-electron chi connectivity index (χ3n) is 5.69.